The predicted octanol–water partition coefficient (Wildman–Crippen LogP) is 3.98. The van der Waals surface area contributed by atoms with E-state index in [0.717, 1.165) is 56.9 Å². The van der Waals surface area contributed by atoms with Gasteiger partial charge in [-0.25, -0.2) is 0 Å². The van der Waals surface area contributed by atoms with E-state index in [9.17, 15) is 4.79 Å². The molecule has 0 aliphatic carbocycles. The Balaban J connectivity index is 1.68. The summed E-state index contributed by atoms with van der Waals surface area (Å²) in [6.45, 7) is 5.89. The smallest absolute Gasteiger partial charge is 0.223 e. The highest BCUT2D eigenvalue weighted by molar-refractivity contribution is 6.30. The first kappa shape index (κ1) is 18.0. The molecule has 0 radical (unpaired) electrons. The van der Waals surface area contributed by atoms with Crippen LogP contribution >= 0.6 is 11.6 Å². The van der Waals surface area contributed by atoms with Gasteiger partial charge in [0, 0.05) is 24.0 Å². The number of hydrogen-bond acceptors (Lipinski definition) is 2. The molecule has 0 aromatic heterocycles. The van der Waals surface area contributed by atoms with Crippen molar-refractivity contribution < 1.29 is 4.79 Å². The number of likely N-dealkylation sites (tertiary alicyclic amines) is 1. The van der Waals surface area contributed by atoms with Crippen LogP contribution in [0.1, 0.15) is 38.2 Å². The van der Waals surface area contributed by atoms with Crippen molar-refractivity contribution >= 4 is 23.6 Å². The Morgan fingerprint density at radius 1 is 1.30 bits per heavy atom. The van der Waals surface area contributed by atoms with Gasteiger partial charge in [-0.05, 0) is 50.0 Å². The van der Waals surface area contributed by atoms with Gasteiger partial charge in [-0.1, -0.05) is 49.2 Å². The van der Waals surface area contributed by atoms with E-state index < -0.39 is 0 Å². The molecule has 1 N–H and O–H groups in total. The van der Waals surface area contributed by atoms with E-state index in [4.69, 9.17) is 11.6 Å². The summed E-state index contributed by atoms with van der Waals surface area (Å²) in [5.74, 6) is 0.443. The molecule has 0 atom stereocenters. The Labute approximate surface area is 144 Å². The minimum Gasteiger partial charge on any atom is -0.356 e. The van der Waals surface area contributed by atoms with Gasteiger partial charge in [0.05, 0.1) is 0 Å². The second kappa shape index (κ2) is 9.74. The van der Waals surface area contributed by atoms with Crippen molar-refractivity contribution in [2.24, 2.45) is 5.92 Å². The Bertz CT molecular complexity index is 505. The van der Waals surface area contributed by atoms with Crippen LogP contribution in [-0.4, -0.2) is 37.0 Å². The normalized spacial score (nSPS) is 16.8. The zero-order chi connectivity index (χ0) is 16.5. The molecule has 0 bridgehead atoms. The lowest BCUT2D eigenvalue weighted by Gasteiger charge is -2.30. The molecule has 126 valence electrons. The van der Waals surface area contributed by atoms with Crippen molar-refractivity contribution in [1.82, 2.24) is 10.2 Å². The van der Waals surface area contributed by atoms with E-state index in [2.05, 4.69) is 29.3 Å². The maximum Gasteiger partial charge on any atom is 0.223 e. The van der Waals surface area contributed by atoms with Crippen LogP contribution in [-0.2, 0) is 4.79 Å². The molecule has 1 aliphatic rings. The summed E-state index contributed by atoms with van der Waals surface area (Å²) in [6, 6.07) is 7.85. The average molecular weight is 335 g/mol. The quantitative estimate of drug-likeness (QED) is 0.765. The summed E-state index contributed by atoms with van der Waals surface area (Å²) in [4.78, 5) is 14.5. The second-order valence-electron chi connectivity index (χ2n) is 6.17. The zero-order valence-electron chi connectivity index (χ0n) is 13.9. The number of nitrogens with one attached hydrogen (secondary N) is 1. The molecule has 0 saturated carbocycles. The fourth-order valence-corrected chi connectivity index (χ4v) is 2.95. The molecule has 0 unspecified atom stereocenters. The summed E-state index contributed by atoms with van der Waals surface area (Å²) < 4.78 is 0. The molecule has 1 aromatic rings. The third kappa shape index (κ3) is 6.36. The van der Waals surface area contributed by atoms with Gasteiger partial charge >= 0.3 is 0 Å². The van der Waals surface area contributed by atoms with Crippen LogP contribution in [0.5, 0.6) is 0 Å². The van der Waals surface area contributed by atoms with Crippen LogP contribution in [0, 0.1) is 5.92 Å². The summed E-state index contributed by atoms with van der Waals surface area (Å²) in [5.41, 5.74) is 1.17. The van der Waals surface area contributed by atoms with Gasteiger partial charge in [-0.2, -0.15) is 0 Å². The predicted molar refractivity (Wildman–Crippen MR) is 97.6 cm³/mol. The third-order valence-corrected chi connectivity index (χ3v) is 4.58. The van der Waals surface area contributed by atoms with Crippen LogP contribution in [0.3, 0.4) is 0 Å². The Hall–Kier alpha value is -1.32. The Morgan fingerprint density at radius 3 is 2.65 bits per heavy atom. The first-order valence-corrected chi connectivity index (χ1v) is 8.99. The van der Waals surface area contributed by atoms with E-state index in [1.165, 1.54) is 5.56 Å². The van der Waals surface area contributed by atoms with Gasteiger partial charge in [0.1, 0.15) is 0 Å². The van der Waals surface area contributed by atoms with Gasteiger partial charge in [-0.15, -0.1) is 0 Å². The summed E-state index contributed by atoms with van der Waals surface area (Å²) in [6.07, 6.45) is 8.43. The van der Waals surface area contributed by atoms with Crippen molar-refractivity contribution in [3.8, 4) is 0 Å². The van der Waals surface area contributed by atoms with Gasteiger partial charge in [0.25, 0.3) is 0 Å². The van der Waals surface area contributed by atoms with Crippen molar-refractivity contribution in [2.45, 2.75) is 32.6 Å². The topological polar surface area (TPSA) is 32.3 Å². The highest BCUT2D eigenvalue weighted by Gasteiger charge is 2.23. The number of benzene rings is 1. The Kier molecular flexibility index (Phi) is 7.63. The molecular formula is C19H27ClN2O. The van der Waals surface area contributed by atoms with E-state index in [0.29, 0.717) is 0 Å². The number of rotatable bonds is 7. The number of nitrogens with zero attached hydrogens (tertiary/aromatic N) is 1. The standard InChI is InChI=1S/C19H27ClN2O/c1-2-3-12-21-19(23)17-10-14-22(15-11-17)13-4-5-16-6-8-18(20)9-7-16/h4-9,17H,2-3,10-15H2,1H3,(H,21,23)/b5-4+. The lowest BCUT2D eigenvalue weighted by molar-refractivity contribution is -0.126. The van der Waals surface area contributed by atoms with Gasteiger partial charge < -0.3 is 5.32 Å². The molecule has 1 aromatic carbocycles. The molecule has 2 rings (SSSR count). The molecule has 1 amide bonds. The number of hydrogen-bond donors (Lipinski definition) is 1. The molecule has 3 nitrogen and oxygen atoms in total. The first-order valence-electron chi connectivity index (χ1n) is 8.61. The average Bonchev–Trinajstić information content (AvgIpc) is 2.57. The van der Waals surface area contributed by atoms with Gasteiger partial charge in [0.15, 0.2) is 0 Å². The monoisotopic (exact) mass is 334 g/mol. The molecule has 1 aliphatic heterocycles. The van der Waals surface area contributed by atoms with Crippen molar-refractivity contribution in [2.75, 3.05) is 26.2 Å². The zero-order valence-corrected chi connectivity index (χ0v) is 14.7. The minimum absolute atomic E-state index is 0.198. The number of carbonyl (C=O) groups is 1. The molecular weight excluding hydrogens is 308 g/mol. The van der Waals surface area contributed by atoms with Crippen LogP contribution in [0.4, 0.5) is 0 Å². The molecule has 1 fully saturated rings. The SMILES string of the molecule is CCCCNC(=O)C1CCN(C/C=C/c2ccc(Cl)cc2)CC1. The van der Waals surface area contributed by atoms with E-state index in [1.807, 2.05) is 24.3 Å². The molecule has 1 saturated heterocycles. The maximum absolute atomic E-state index is 12.1. The summed E-state index contributed by atoms with van der Waals surface area (Å²) in [5, 5.41) is 3.82. The molecule has 23 heavy (non-hydrogen) atoms. The largest absolute Gasteiger partial charge is 0.356 e. The van der Waals surface area contributed by atoms with Gasteiger partial charge in [0.2, 0.25) is 5.91 Å². The van der Waals surface area contributed by atoms with Gasteiger partial charge in [-0.3, -0.25) is 9.69 Å². The lowest BCUT2D eigenvalue weighted by Crippen LogP contribution is -2.40. The van der Waals surface area contributed by atoms with Crippen molar-refractivity contribution in [3.05, 3.63) is 40.9 Å². The van der Waals surface area contributed by atoms with Crippen molar-refractivity contribution in [1.29, 1.82) is 0 Å². The van der Waals surface area contributed by atoms with Crippen LogP contribution in [0.15, 0.2) is 30.3 Å². The minimum atomic E-state index is 0.198. The lowest BCUT2D eigenvalue weighted by atomic mass is 9.96. The number of piperidine rings is 1. The fraction of sp³-hybridized carbons (Fsp3) is 0.526. The van der Waals surface area contributed by atoms with Crippen LogP contribution in [0.25, 0.3) is 6.08 Å². The van der Waals surface area contributed by atoms with E-state index in [1.54, 1.807) is 0 Å². The molecule has 4 heteroatoms. The maximum atomic E-state index is 12.1. The summed E-state index contributed by atoms with van der Waals surface area (Å²) >= 11 is 5.88. The Morgan fingerprint density at radius 2 is 2.00 bits per heavy atom. The third-order valence-electron chi connectivity index (χ3n) is 4.33. The highest BCUT2D eigenvalue weighted by Crippen LogP contribution is 2.17. The number of amides is 1. The number of halogens is 1. The first-order chi connectivity index (χ1) is 11.2. The molecule has 0 spiro atoms. The highest BCUT2D eigenvalue weighted by atomic mass is 35.5. The van der Waals surface area contributed by atoms with Crippen LogP contribution in [0.2, 0.25) is 5.02 Å². The number of unbranched alkanes of at least 4 members (excludes halogenated alkanes) is 1. The second-order valence-corrected chi connectivity index (χ2v) is 6.61. The summed E-state index contributed by atoms with van der Waals surface area (Å²) in [7, 11) is 0. The van der Waals surface area contributed by atoms with E-state index in [-0.39, 0.29) is 11.8 Å². The fourth-order valence-electron chi connectivity index (χ4n) is 2.82. The molecule has 1 heterocycles. The number of carbonyl (C=O) groups excluding carboxylic acids is 1. The van der Waals surface area contributed by atoms with E-state index >= 15 is 0 Å². The van der Waals surface area contributed by atoms with Crippen LogP contribution < -0.4 is 5.32 Å². The van der Waals surface area contributed by atoms with Crippen molar-refractivity contribution in [3.63, 3.8) is 0 Å².